The number of aliphatic hydroxyl groups is 1. The number of hydrogen-bond donors (Lipinski definition) is 4. The predicted molar refractivity (Wildman–Crippen MR) is 72.8 cm³/mol. The maximum atomic E-state index is 10.6. The Morgan fingerprint density at radius 3 is 2.70 bits per heavy atom. The zero-order chi connectivity index (χ0) is 14.3. The van der Waals surface area contributed by atoms with E-state index in [9.17, 15) is 15.2 Å². The third kappa shape index (κ3) is 1.77. The first kappa shape index (κ1) is 11.8. The minimum Gasteiger partial charge on any atom is -0.493 e. The average Bonchev–Trinajstić information content (AvgIpc) is 2.79. The van der Waals surface area contributed by atoms with Crippen LogP contribution in [0, 0.1) is 10.1 Å². The zero-order valence-corrected chi connectivity index (χ0v) is 10.1. The lowest BCUT2D eigenvalue weighted by Gasteiger charge is -2.27. The van der Waals surface area contributed by atoms with Gasteiger partial charge in [-0.3, -0.25) is 20.6 Å². The van der Waals surface area contributed by atoms with Gasteiger partial charge >= 0.3 is 0 Å². The molecule has 9 nitrogen and oxygen atoms in total. The minimum absolute atomic E-state index is 0.0299. The highest BCUT2D eigenvalue weighted by Gasteiger charge is 2.22. The topological polar surface area (TPSA) is 133 Å². The van der Waals surface area contributed by atoms with E-state index in [1.807, 2.05) is 0 Å². The average molecular weight is 274 g/mol. The van der Waals surface area contributed by atoms with Gasteiger partial charge in [-0.15, -0.1) is 0 Å². The first-order valence-electron chi connectivity index (χ1n) is 5.62. The molecule has 1 aromatic heterocycles. The number of nitro benzene ring substituents is 1. The standard InChI is InChI=1S/C11H10N6O3/c12-11-10-8(13-14-11)5-9(18)16(15-10)6-1-3-7(4-2-6)17(19)20/h1-5,15,18H,(H3,12,13,14). The summed E-state index contributed by atoms with van der Waals surface area (Å²) in [5.74, 6) is 0.172. The van der Waals surface area contributed by atoms with Crippen LogP contribution < -0.4 is 16.2 Å². The molecule has 0 unspecified atom stereocenters. The van der Waals surface area contributed by atoms with Crippen molar-refractivity contribution in [3.05, 3.63) is 46.0 Å². The molecule has 2 aromatic rings. The van der Waals surface area contributed by atoms with Crippen molar-refractivity contribution in [1.29, 1.82) is 0 Å². The molecule has 0 saturated heterocycles. The number of nitrogens with one attached hydrogen (secondary N) is 2. The van der Waals surface area contributed by atoms with Crippen molar-refractivity contribution in [2.45, 2.75) is 0 Å². The van der Waals surface area contributed by atoms with Gasteiger partial charge in [0.15, 0.2) is 5.82 Å². The van der Waals surface area contributed by atoms with E-state index >= 15 is 0 Å². The number of hydrazine groups is 1. The molecule has 102 valence electrons. The normalized spacial score (nSPS) is 13.4. The second-order valence-electron chi connectivity index (χ2n) is 4.12. The van der Waals surface area contributed by atoms with Crippen molar-refractivity contribution in [2.75, 3.05) is 16.2 Å². The molecule has 2 heterocycles. The number of aromatic nitrogens is 2. The largest absolute Gasteiger partial charge is 0.493 e. The van der Waals surface area contributed by atoms with Gasteiger partial charge in [0.25, 0.3) is 5.69 Å². The molecule has 0 bridgehead atoms. The molecule has 0 spiro atoms. The molecule has 9 heteroatoms. The molecule has 0 radical (unpaired) electrons. The number of benzene rings is 1. The van der Waals surface area contributed by atoms with Gasteiger partial charge in [0.1, 0.15) is 5.69 Å². The van der Waals surface area contributed by atoms with Crippen LogP contribution in [0.4, 0.5) is 22.9 Å². The van der Waals surface area contributed by atoms with Gasteiger partial charge in [0, 0.05) is 18.2 Å². The lowest BCUT2D eigenvalue weighted by molar-refractivity contribution is -0.384. The van der Waals surface area contributed by atoms with Crippen LogP contribution in [0.1, 0.15) is 5.69 Å². The lowest BCUT2D eigenvalue weighted by Crippen LogP contribution is -2.31. The van der Waals surface area contributed by atoms with Crippen molar-refractivity contribution in [1.82, 2.24) is 10.2 Å². The number of aromatic amines is 1. The van der Waals surface area contributed by atoms with Crippen molar-refractivity contribution in [2.24, 2.45) is 0 Å². The molecular formula is C11H10N6O3. The van der Waals surface area contributed by atoms with Crippen LogP contribution in [0.3, 0.4) is 0 Å². The van der Waals surface area contributed by atoms with Crippen LogP contribution in [0.5, 0.6) is 0 Å². The fraction of sp³-hybridized carbons (Fsp3) is 0. The van der Waals surface area contributed by atoms with Gasteiger partial charge in [-0.25, -0.2) is 5.01 Å². The Morgan fingerprint density at radius 2 is 2.05 bits per heavy atom. The van der Waals surface area contributed by atoms with Gasteiger partial charge < -0.3 is 10.8 Å². The highest BCUT2D eigenvalue weighted by atomic mass is 16.6. The Morgan fingerprint density at radius 1 is 1.35 bits per heavy atom. The maximum Gasteiger partial charge on any atom is 0.269 e. The third-order valence-electron chi connectivity index (χ3n) is 2.87. The van der Waals surface area contributed by atoms with Crippen molar-refractivity contribution in [3.63, 3.8) is 0 Å². The zero-order valence-electron chi connectivity index (χ0n) is 10.1. The summed E-state index contributed by atoms with van der Waals surface area (Å²) in [6.45, 7) is 0. The number of aliphatic hydroxyl groups excluding tert-OH is 1. The summed E-state index contributed by atoms with van der Waals surface area (Å²) in [5, 5.41) is 28.4. The minimum atomic E-state index is -0.491. The van der Waals surface area contributed by atoms with E-state index in [2.05, 4.69) is 15.6 Å². The number of anilines is 3. The molecule has 0 atom stereocenters. The Labute approximate surface area is 112 Å². The fourth-order valence-corrected chi connectivity index (χ4v) is 1.88. The number of nitrogen functional groups attached to an aromatic ring is 1. The number of nitrogens with two attached hydrogens (primary N) is 1. The summed E-state index contributed by atoms with van der Waals surface area (Å²) >= 11 is 0. The quantitative estimate of drug-likeness (QED) is 0.482. The lowest BCUT2D eigenvalue weighted by atomic mass is 10.2. The van der Waals surface area contributed by atoms with Gasteiger partial charge in [0.05, 0.1) is 16.3 Å². The number of nitrogens with zero attached hydrogens (tertiary/aromatic N) is 3. The van der Waals surface area contributed by atoms with Crippen LogP contribution in [-0.4, -0.2) is 20.2 Å². The molecule has 0 fully saturated rings. The molecule has 0 saturated carbocycles. The summed E-state index contributed by atoms with van der Waals surface area (Å²) in [7, 11) is 0. The Balaban J connectivity index is 1.95. The second kappa shape index (κ2) is 4.16. The summed E-state index contributed by atoms with van der Waals surface area (Å²) < 4.78 is 0. The van der Waals surface area contributed by atoms with Gasteiger partial charge in [-0.05, 0) is 12.1 Å². The molecule has 1 aliphatic rings. The molecule has 0 amide bonds. The van der Waals surface area contributed by atoms with Crippen molar-refractivity contribution < 1.29 is 10.0 Å². The van der Waals surface area contributed by atoms with Gasteiger partial charge in [-0.2, -0.15) is 5.10 Å². The van der Waals surface area contributed by atoms with E-state index < -0.39 is 4.92 Å². The third-order valence-corrected chi connectivity index (χ3v) is 2.87. The maximum absolute atomic E-state index is 10.6. The molecular weight excluding hydrogens is 264 g/mol. The van der Waals surface area contributed by atoms with Crippen LogP contribution in [0.25, 0.3) is 6.08 Å². The number of hydrogen-bond acceptors (Lipinski definition) is 7. The van der Waals surface area contributed by atoms with E-state index in [-0.39, 0.29) is 17.4 Å². The van der Waals surface area contributed by atoms with Gasteiger partial charge in [-0.1, -0.05) is 0 Å². The van der Waals surface area contributed by atoms with E-state index in [0.717, 1.165) is 0 Å². The summed E-state index contributed by atoms with van der Waals surface area (Å²) in [6, 6.07) is 5.71. The number of non-ortho nitro benzene ring substituents is 1. The summed E-state index contributed by atoms with van der Waals surface area (Å²) in [6.07, 6.45) is 1.45. The monoisotopic (exact) mass is 274 g/mol. The highest BCUT2D eigenvalue weighted by molar-refractivity contribution is 5.81. The van der Waals surface area contributed by atoms with Crippen molar-refractivity contribution >= 4 is 29.0 Å². The van der Waals surface area contributed by atoms with Crippen LogP contribution in [0.2, 0.25) is 0 Å². The first-order chi connectivity index (χ1) is 9.56. The Kier molecular flexibility index (Phi) is 2.46. The summed E-state index contributed by atoms with van der Waals surface area (Å²) in [5.41, 5.74) is 10.1. The molecule has 20 heavy (non-hydrogen) atoms. The number of rotatable bonds is 2. The van der Waals surface area contributed by atoms with Gasteiger partial charge in [0.2, 0.25) is 5.88 Å². The fourth-order valence-electron chi connectivity index (χ4n) is 1.88. The molecule has 3 rings (SSSR count). The Bertz CT molecular complexity index is 705. The Hall–Kier alpha value is -3.23. The van der Waals surface area contributed by atoms with E-state index in [1.165, 1.54) is 35.4 Å². The van der Waals surface area contributed by atoms with Crippen molar-refractivity contribution in [3.8, 4) is 0 Å². The number of H-pyrrole nitrogens is 1. The van der Waals surface area contributed by atoms with Crippen LogP contribution in [-0.2, 0) is 0 Å². The smallest absolute Gasteiger partial charge is 0.269 e. The van der Waals surface area contributed by atoms with E-state index in [1.54, 1.807) is 0 Å². The van der Waals surface area contributed by atoms with E-state index in [0.29, 0.717) is 17.1 Å². The molecule has 0 aliphatic carbocycles. The summed E-state index contributed by atoms with van der Waals surface area (Å²) in [4.78, 5) is 10.1. The first-order valence-corrected chi connectivity index (χ1v) is 5.62. The van der Waals surface area contributed by atoms with Crippen LogP contribution in [0.15, 0.2) is 30.1 Å². The molecule has 1 aromatic carbocycles. The second-order valence-corrected chi connectivity index (χ2v) is 4.12. The van der Waals surface area contributed by atoms with E-state index in [4.69, 9.17) is 5.73 Å². The SMILES string of the molecule is Nc1n[nH]c2c1NN(c1ccc([N+](=O)[O-])cc1)C(O)=C2. The molecule has 1 aliphatic heterocycles. The number of nitro groups is 1. The highest BCUT2D eigenvalue weighted by Crippen LogP contribution is 2.31. The molecule has 5 N–H and O–H groups in total. The van der Waals surface area contributed by atoms with Crippen LogP contribution >= 0.6 is 0 Å². The number of fused-ring (bicyclic) bond motifs is 1. The predicted octanol–water partition coefficient (Wildman–Crippen LogP) is 1.60.